The van der Waals surface area contributed by atoms with Crippen molar-refractivity contribution in [1.29, 1.82) is 0 Å². The zero-order valence-electron chi connectivity index (χ0n) is 18.5. The van der Waals surface area contributed by atoms with Gasteiger partial charge in [-0.25, -0.2) is 13.4 Å². The van der Waals surface area contributed by atoms with E-state index in [1.165, 1.54) is 47.7 Å². The third kappa shape index (κ3) is 5.14. The molecule has 8 nitrogen and oxygen atoms in total. The molecule has 2 saturated heterocycles. The van der Waals surface area contributed by atoms with Crippen LogP contribution in [0.2, 0.25) is 0 Å². The van der Waals surface area contributed by atoms with Crippen LogP contribution in [-0.4, -0.2) is 61.3 Å². The highest BCUT2D eigenvalue weighted by molar-refractivity contribution is 7.89. The lowest BCUT2D eigenvalue weighted by molar-refractivity contribution is -0.119. The van der Waals surface area contributed by atoms with Crippen LogP contribution in [0.25, 0.3) is 0 Å². The van der Waals surface area contributed by atoms with Crippen LogP contribution in [0.15, 0.2) is 34.5 Å². The van der Waals surface area contributed by atoms with Gasteiger partial charge in [-0.2, -0.15) is 4.31 Å². The number of hydrogen-bond acceptors (Lipinski definition) is 7. The van der Waals surface area contributed by atoms with Crippen molar-refractivity contribution in [3.8, 4) is 5.75 Å². The molecule has 4 rings (SSSR count). The van der Waals surface area contributed by atoms with Gasteiger partial charge in [0.15, 0.2) is 5.13 Å². The number of ether oxygens (including phenoxy) is 1. The van der Waals surface area contributed by atoms with Gasteiger partial charge in [0, 0.05) is 18.5 Å². The Labute approximate surface area is 193 Å². The fourth-order valence-corrected chi connectivity index (χ4v) is 6.61. The molecule has 1 aromatic carbocycles. The van der Waals surface area contributed by atoms with E-state index in [0.29, 0.717) is 30.3 Å². The zero-order valence-corrected chi connectivity index (χ0v) is 20.1. The molecule has 0 bridgehead atoms. The summed E-state index contributed by atoms with van der Waals surface area (Å²) in [6, 6.07) is 5.50. The maximum absolute atomic E-state index is 13.1. The molecule has 1 unspecified atom stereocenters. The molecular formula is C22H30N4O4S2. The zero-order chi connectivity index (χ0) is 22.7. The number of amides is 1. The number of thiazole rings is 1. The summed E-state index contributed by atoms with van der Waals surface area (Å²) in [6.07, 6.45) is 3.54. The number of anilines is 1. The average molecular weight is 479 g/mol. The molecule has 1 atom stereocenters. The molecule has 1 amide bonds. The van der Waals surface area contributed by atoms with Gasteiger partial charge < -0.3 is 10.1 Å². The van der Waals surface area contributed by atoms with Gasteiger partial charge in [0.1, 0.15) is 11.8 Å². The van der Waals surface area contributed by atoms with E-state index in [9.17, 15) is 13.2 Å². The molecule has 3 heterocycles. The molecule has 1 aromatic heterocycles. The summed E-state index contributed by atoms with van der Waals surface area (Å²) in [4.78, 5) is 20.1. The highest BCUT2D eigenvalue weighted by atomic mass is 32.2. The summed E-state index contributed by atoms with van der Waals surface area (Å²) in [5, 5.41) is 5.33. The normalized spacial score (nSPS) is 21.0. The van der Waals surface area contributed by atoms with Crippen LogP contribution in [0.5, 0.6) is 5.75 Å². The van der Waals surface area contributed by atoms with E-state index in [4.69, 9.17) is 4.74 Å². The molecular weight excluding hydrogens is 448 g/mol. The summed E-state index contributed by atoms with van der Waals surface area (Å²) in [5.41, 5.74) is 0.939. The van der Waals surface area contributed by atoms with Crippen LogP contribution >= 0.6 is 11.3 Å². The number of rotatable bonds is 7. The molecule has 0 saturated carbocycles. The SMILES string of the molecule is COc1ccc(S(=O)(=O)N2CCCC2C(=O)Nc2nc(CN3CCC(C)CC3)cs2)cc1. The molecule has 0 aliphatic carbocycles. The number of piperidine rings is 1. The van der Waals surface area contributed by atoms with E-state index < -0.39 is 16.1 Å². The summed E-state index contributed by atoms with van der Waals surface area (Å²) in [5.74, 6) is 1.03. The summed E-state index contributed by atoms with van der Waals surface area (Å²) < 4.78 is 32.7. The quantitative estimate of drug-likeness (QED) is 0.657. The van der Waals surface area contributed by atoms with Crippen LogP contribution < -0.4 is 10.1 Å². The second-order valence-electron chi connectivity index (χ2n) is 8.54. The molecule has 1 N–H and O–H groups in total. The topological polar surface area (TPSA) is 91.8 Å². The third-order valence-electron chi connectivity index (χ3n) is 6.22. The van der Waals surface area contributed by atoms with Gasteiger partial charge in [-0.15, -0.1) is 11.3 Å². The summed E-state index contributed by atoms with van der Waals surface area (Å²) >= 11 is 1.38. The maximum atomic E-state index is 13.1. The fourth-order valence-electron chi connectivity index (χ4n) is 4.25. The van der Waals surface area contributed by atoms with Crippen LogP contribution in [0.4, 0.5) is 5.13 Å². The monoisotopic (exact) mass is 478 g/mol. The van der Waals surface area contributed by atoms with E-state index in [2.05, 4.69) is 22.1 Å². The van der Waals surface area contributed by atoms with Crippen molar-refractivity contribution < 1.29 is 17.9 Å². The highest BCUT2D eigenvalue weighted by Gasteiger charge is 2.39. The minimum atomic E-state index is -3.78. The second kappa shape index (κ2) is 9.86. The number of sulfonamides is 1. The van der Waals surface area contributed by atoms with Crippen molar-refractivity contribution in [3.63, 3.8) is 0 Å². The van der Waals surface area contributed by atoms with Gasteiger partial charge >= 0.3 is 0 Å². The van der Waals surface area contributed by atoms with Gasteiger partial charge in [-0.1, -0.05) is 6.92 Å². The molecule has 10 heteroatoms. The number of nitrogens with zero attached hydrogens (tertiary/aromatic N) is 3. The first kappa shape index (κ1) is 23.2. The molecule has 0 spiro atoms. The lowest BCUT2D eigenvalue weighted by Crippen LogP contribution is -2.43. The number of carbonyl (C=O) groups is 1. The molecule has 32 heavy (non-hydrogen) atoms. The minimum absolute atomic E-state index is 0.158. The number of benzene rings is 1. The van der Waals surface area contributed by atoms with Gasteiger partial charge in [0.2, 0.25) is 15.9 Å². The van der Waals surface area contributed by atoms with E-state index >= 15 is 0 Å². The van der Waals surface area contributed by atoms with Crippen LogP contribution in [-0.2, 0) is 21.4 Å². The van der Waals surface area contributed by atoms with Gasteiger partial charge in [-0.05, 0) is 69.0 Å². The van der Waals surface area contributed by atoms with E-state index in [1.807, 2.05) is 5.38 Å². The van der Waals surface area contributed by atoms with Crippen LogP contribution in [0, 0.1) is 5.92 Å². The first-order valence-corrected chi connectivity index (χ1v) is 13.3. The third-order valence-corrected chi connectivity index (χ3v) is 8.95. The van der Waals surface area contributed by atoms with E-state index in [1.54, 1.807) is 12.1 Å². The number of aromatic nitrogens is 1. The number of hydrogen-bond donors (Lipinski definition) is 1. The van der Waals surface area contributed by atoms with Crippen LogP contribution in [0.1, 0.15) is 38.3 Å². The van der Waals surface area contributed by atoms with Crippen molar-refractivity contribution in [1.82, 2.24) is 14.2 Å². The largest absolute Gasteiger partial charge is 0.497 e. The number of nitrogens with one attached hydrogen (secondary N) is 1. The molecule has 2 fully saturated rings. The lowest BCUT2D eigenvalue weighted by Gasteiger charge is -2.29. The van der Waals surface area contributed by atoms with Crippen molar-refractivity contribution in [2.45, 2.75) is 50.1 Å². The van der Waals surface area contributed by atoms with Crippen molar-refractivity contribution in [2.24, 2.45) is 5.92 Å². The minimum Gasteiger partial charge on any atom is -0.497 e. The summed E-state index contributed by atoms with van der Waals surface area (Å²) in [6.45, 7) is 5.53. The Bertz CT molecular complexity index is 1030. The Kier molecular flexibility index (Phi) is 7.14. The number of likely N-dealkylation sites (tertiary alicyclic amines) is 1. The lowest BCUT2D eigenvalue weighted by atomic mass is 9.99. The van der Waals surface area contributed by atoms with Crippen LogP contribution in [0.3, 0.4) is 0 Å². The summed E-state index contributed by atoms with van der Waals surface area (Å²) in [7, 11) is -2.25. The van der Waals surface area contributed by atoms with Crippen molar-refractivity contribution >= 4 is 32.4 Å². The predicted molar refractivity (Wildman–Crippen MR) is 124 cm³/mol. The molecule has 2 aliphatic heterocycles. The highest BCUT2D eigenvalue weighted by Crippen LogP contribution is 2.29. The predicted octanol–water partition coefficient (Wildman–Crippen LogP) is 3.18. The molecule has 174 valence electrons. The standard InChI is InChI=1S/C22H30N4O4S2/c1-16-9-12-25(13-10-16)14-17-15-31-22(23-17)24-21(27)20-4-3-11-26(20)32(28,29)19-7-5-18(30-2)6-8-19/h5-8,15-16,20H,3-4,9-14H2,1-2H3,(H,23,24,27). The molecule has 2 aliphatic rings. The van der Waals surface area contributed by atoms with E-state index in [0.717, 1.165) is 31.2 Å². The van der Waals surface area contributed by atoms with Gasteiger partial charge in [0.05, 0.1) is 17.7 Å². The van der Waals surface area contributed by atoms with Gasteiger partial charge in [-0.3, -0.25) is 9.69 Å². The number of methoxy groups -OCH3 is 1. The first-order chi connectivity index (χ1) is 15.4. The number of carbonyl (C=O) groups excluding carboxylic acids is 1. The second-order valence-corrected chi connectivity index (χ2v) is 11.3. The molecule has 2 aromatic rings. The Morgan fingerprint density at radius 3 is 2.59 bits per heavy atom. The Balaban J connectivity index is 1.40. The average Bonchev–Trinajstić information content (AvgIpc) is 3.45. The Morgan fingerprint density at radius 2 is 1.91 bits per heavy atom. The fraction of sp³-hybridized carbons (Fsp3) is 0.545. The maximum Gasteiger partial charge on any atom is 0.244 e. The van der Waals surface area contributed by atoms with Gasteiger partial charge in [0.25, 0.3) is 0 Å². The Morgan fingerprint density at radius 1 is 1.19 bits per heavy atom. The smallest absolute Gasteiger partial charge is 0.244 e. The first-order valence-electron chi connectivity index (χ1n) is 11.0. The van der Waals surface area contributed by atoms with Crippen molar-refractivity contribution in [2.75, 3.05) is 32.1 Å². The van der Waals surface area contributed by atoms with E-state index in [-0.39, 0.29) is 10.8 Å². The molecule has 0 radical (unpaired) electrons. The van der Waals surface area contributed by atoms with Crippen molar-refractivity contribution in [3.05, 3.63) is 35.3 Å². The Hall–Kier alpha value is -2.01.